The zero-order valence-corrected chi connectivity index (χ0v) is 12.5. The third kappa shape index (κ3) is 4.74. The highest BCUT2D eigenvalue weighted by Gasteiger charge is 2.22. The van der Waals surface area contributed by atoms with Crippen molar-refractivity contribution >= 4 is 29.2 Å². The Kier molecular flexibility index (Phi) is 6.15. The van der Waals surface area contributed by atoms with Crippen molar-refractivity contribution in [1.29, 1.82) is 5.26 Å². The van der Waals surface area contributed by atoms with Crippen LogP contribution in [0.25, 0.3) is 0 Å². The van der Waals surface area contributed by atoms with Gasteiger partial charge in [0.25, 0.3) is 0 Å². The number of carbonyl (C=O) groups is 2. The highest BCUT2D eigenvalue weighted by atomic mass is 35.5. The number of amides is 1. The Morgan fingerprint density at radius 3 is 2.67 bits per heavy atom. The largest absolute Gasteiger partial charge is 0.480 e. The molecule has 0 aliphatic rings. The van der Waals surface area contributed by atoms with Gasteiger partial charge in [-0.25, -0.2) is 0 Å². The van der Waals surface area contributed by atoms with Crippen LogP contribution in [0.15, 0.2) is 18.2 Å². The maximum atomic E-state index is 11.9. The van der Waals surface area contributed by atoms with Crippen molar-refractivity contribution < 1.29 is 14.7 Å². The van der Waals surface area contributed by atoms with Crippen LogP contribution < -0.4 is 5.32 Å². The third-order valence-electron chi connectivity index (χ3n) is 2.97. The molecule has 1 aromatic carbocycles. The number of halogens is 1. The number of aliphatic carboxylic acids is 1. The Morgan fingerprint density at radius 1 is 1.52 bits per heavy atom. The van der Waals surface area contributed by atoms with Crippen LogP contribution in [-0.2, 0) is 9.59 Å². The van der Waals surface area contributed by atoms with Gasteiger partial charge >= 0.3 is 5.97 Å². The van der Waals surface area contributed by atoms with Crippen molar-refractivity contribution in [3.05, 3.63) is 28.8 Å². The number of benzene rings is 1. The van der Waals surface area contributed by atoms with E-state index in [-0.39, 0.29) is 17.5 Å². The van der Waals surface area contributed by atoms with E-state index in [2.05, 4.69) is 5.32 Å². The Labute approximate surface area is 127 Å². The van der Waals surface area contributed by atoms with E-state index in [1.54, 1.807) is 20.0 Å². The average molecular weight is 310 g/mol. The van der Waals surface area contributed by atoms with Gasteiger partial charge in [-0.2, -0.15) is 5.26 Å². The van der Waals surface area contributed by atoms with Gasteiger partial charge in [0, 0.05) is 5.69 Å². The zero-order valence-electron chi connectivity index (χ0n) is 11.8. The Morgan fingerprint density at radius 2 is 2.19 bits per heavy atom. The third-order valence-corrected chi connectivity index (χ3v) is 3.28. The summed E-state index contributed by atoms with van der Waals surface area (Å²) in [6.45, 7) is 1.69. The van der Waals surface area contributed by atoms with E-state index in [1.807, 2.05) is 6.07 Å². The quantitative estimate of drug-likeness (QED) is 0.837. The second-order valence-electron chi connectivity index (χ2n) is 4.53. The SMILES string of the molecule is CCC(C(=O)O)N(C)CC(=O)Nc1ccc(C#N)c(Cl)c1. The Balaban J connectivity index is 2.68. The molecule has 0 bridgehead atoms. The number of nitriles is 1. The first-order valence-corrected chi connectivity index (χ1v) is 6.69. The molecule has 0 aliphatic carbocycles. The van der Waals surface area contributed by atoms with Crippen LogP contribution in [0, 0.1) is 11.3 Å². The molecule has 0 saturated heterocycles. The molecule has 0 spiro atoms. The van der Waals surface area contributed by atoms with Crippen LogP contribution in [0.4, 0.5) is 5.69 Å². The first-order chi connectivity index (χ1) is 9.88. The first kappa shape index (κ1) is 17.0. The number of carbonyl (C=O) groups excluding carboxylic acids is 1. The summed E-state index contributed by atoms with van der Waals surface area (Å²) in [5, 5.41) is 20.7. The molecule has 0 fully saturated rings. The minimum absolute atomic E-state index is 0.0531. The maximum Gasteiger partial charge on any atom is 0.320 e. The van der Waals surface area contributed by atoms with Gasteiger partial charge in [0.1, 0.15) is 12.1 Å². The molecule has 1 amide bonds. The molecule has 112 valence electrons. The number of carboxylic acid groups (broad SMARTS) is 1. The molecule has 7 heteroatoms. The lowest BCUT2D eigenvalue weighted by Gasteiger charge is -2.22. The van der Waals surface area contributed by atoms with Gasteiger partial charge < -0.3 is 10.4 Å². The summed E-state index contributed by atoms with van der Waals surface area (Å²) in [5.41, 5.74) is 0.782. The Bertz CT molecular complexity index is 583. The molecule has 1 rings (SSSR count). The molecule has 0 saturated carbocycles. The molecule has 1 atom stereocenters. The van der Waals surface area contributed by atoms with E-state index >= 15 is 0 Å². The van der Waals surface area contributed by atoms with Crippen molar-refractivity contribution in [2.24, 2.45) is 0 Å². The number of hydrogen-bond acceptors (Lipinski definition) is 4. The fourth-order valence-corrected chi connectivity index (χ4v) is 2.12. The summed E-state index contributed by atoms with van der Waals surface area (Å²) >= 11 is 5.87. The summed E-state index contributed by atoms with van der Waals surface area (Å²) in [4.78, 5) is 24.3. The second-order valence-corrected chi connectivity index (χ2v) is 4.94. The first-order valence-electron chi connectivity index (χ1n) is 6.31. The van der Waals surface area contributed by atoms with E-state index in [4.69, 9.17) is 22.0 Å². The van der Waals surface area contributed by atoms with Gasteiger partial charge in [0.05, 0.1) is 17.1 Å². The van der Waals surface area contributed by atoms with Crippen molar-refractivity contribution in [3.8, 4) is 6.07 Å². The zero-order chi connectivity index (χ0) is 16.0. The second kappa shape index (κ2) is 7.62. The fourth-order valence-electron chi connectivity index (χ4n) is 1.90. The molecular formula is C14H16ClN3O3. The van der Waals surface area contributed by atoms with Crippen LogP contribution >= 0.6 is 11.6 Å². The van der Waals surface area contributed by atoms with Gasteiger partial charge in [-0.15, -0.1) is 0 Å². The van der Waals surface area contributed by atoms with Crippen molar-refractivity contribution in [3.63, 3.8) is 0 Å². The lowest BCUT2D eigenvalue weighted by atomic mass is 10.2. The van der Waals surface area contributed by atoms with Crippen LogP contribution in [0.2, 0.25) is 5.02 Å². The smallest absolute Gasteiger partial charge is 0.320 e. The lowest BCUT2D eigenvalue weighted by molar-refractivity contribution is -0.143. The van der Waals surface area contributed by atoms with Crippen LogP contribution in [0.5, 0.6) is 0 Å². The van der Waals surface area contributed by atoms with E-state index in [0.29, 0.717) is 17.7 Å². The monoisotopic (exact) mass is 309 g/mol. The molecule has 0 radical (unpaired) electrons. The normalized spacial score (nSPS) is 11.8. The van der Waals surface area contributed by atoms with Gasteiger partial charge in [-0.3, -0.25) is 14.5 Å². The van der Waals surface area contributed by atoms with Crippen molar-refractivity contribution in [1.82, 2.24) is 4.90 Å². The lowest BCUT2D eigenvalue weighted by Crippen LogP contribution is -2.42. The summed E-state index contributed by atoms with van der Waals surface area (Å²) < 4.78 is 0. The van der Waals surface area contributed by atoms with E-state index in [1.165, 1.54) is 17.0 Å². The Hall–Kier alpha value is -2.10. The van der Waals surface area contributed by atoms with E-state index < -0.39 is 12.0 Å². The maximum absolute atomic E-state index is 11.9. The number of hydrogen-bond donors (Lipinski definition) is 2. The molecule has 0 aromatic heterocycles. The number of likely N-dealkylation sites (N-methyl/N-ethyl adjacent to an activating group) is 1. The van der Waals surface area contributed by atoms with Gasteiger partial charge in [0.2, 0.25) is 5.91 Å². The molecule has 21 heavy (non-hydrogen) atoms. The predicted octanol–water partition coefficient (Wildman–Crippen LogP) is 1.95. The molecule has 2 N–H and O–H groups in total. The van der Waals surface area contributed by atoms with Crippen molar-refractivity contribution in [2.45, 2.75) is 19.4 Å². The molecular weight excluding hydrogens is 294 g/mol. The van der Waals surface area contributed by atoms with Crippen LogP contribution in [0.1, 0.15) is 18.9 Å². The fraction of sp³-hybridized carbons (Fsp3) is 0.357. The highest BCUT2D eigenvalue weighted by molar-refractivity contribution is 6.32. The number of rotatable bonds is 6. The van der Waals surface area contributed by atoms with Gasteiger partial charge in [0.15, 0.2) is 0 Å². The summed E-state index contributed by atoms with van der Waals surface area (Å²) in [6, 6.07) is 5.77. The average Bonchev–Trinajstić information content (AvgIpc) is 2.38. The molecule has 1 aromatic rings. The highest BCUT2D eigenvalue weighted by Crippen LogP contribution is 2.20. The topological polar surface area (TPSA) is 93.4 Å². The van der Waals surface area contributed by atoms with Gasteiger partial charge in [-0.05, 0) is 31.7 Å². The predicted molar refractivity (Wildman–Crippen MR) is 79.1 cm³/mol. The minimum atomic E-state index is -0.964. The summed E-state index contributed by atoms with van der Waals surface area (Å²) in [7, 11) is 1.58. The minimum Gasteiger partial charge on any atom is -0.480 e. The number of anilines is 1. The van der Waals surface area contributed by atoms with Crippen LogP contribution in [-0.4, -0.2) is 41.5 Å². The van der Waals surface area contributed by atoms with E-state index in [0.717, 1.165) is 0 Å². The molecule has 1 unspecified atom stereocenters. The van der Waals surface area contributed by atoms with Crippen LogP contribution in [0.3, 0.4) is 0 Å². The molecule has 6 nitrogen and oxygen atoms in total. The summed E-state index contributed by atoms with van der Waals surface area (Å²) in [5.74, 6) is -1.31. The molecule has 0 heterocycles. The summed E-state index contributed by atoms with van der Waals surface area (Å²) in [6.07, 6.45) is 0.405. The standard InChI is InChI=1S/C14H16ClN3O3/c1-3-12(14(20)21)18(2)8-13(19)17-10-5-4-9(7-16)11(15)6-10/h4-6,12H,3,8H2,1-2H3,(H,17,19)(H,20,21). The van der Waals surface area contributed by atoms with E-state index in [9.17, 15) is 9.59 Å². The number of carboxylic acids is 1. The number of nitrogens with zero attached hydrogens (tertiary/aromatic N) is 2. The van der Waals surface area contributed by atoms with Gasteiger partial charge in [-0.1, -0.05) is 18.5 Å². The van der Waals surface area contributed by atoms with Crippen molar-refractivity contribution in [2.75, 3.05) is 18.9 Å². The number of nitrogens with one attached hydrogen (secondary N) is 1. The molecule has 0 aliphatic heterocycles.